The summed E-state index contributed by atoms with van der Waals surface area (Å²) in [5.74, 6) is -1.81. The van der Waals surface area contributed by atoms with Crippen molar-refractivity contribution in [3.8, 4) is 0 Å². The second-order valence-corrected chi connectivity index (χ2v) is 16.0. The first-order valence-corrected chi connectivity index (χ1v) is 19.3. The Kier molecular flexibility index (Phi) is 10.0. The number of nitrogens with one attached hydrogen (secondary N) is 1. The van der Waals surface area contributed by atoms with E-state index in [1.807, 2.05) is 98.0 Å². The molecule has 0 radical (unpaired) electrons. The molecule has 4 heterocycles. The van der Waals surface area contributed by atoms with Gasteiger partial charge in [0.25, 0.3) is 11.8 Å². The Bertz CT molecular complexity index is 1930. The molecule has 51 heavy (non-hydrogen) atoms. The highest BCUT2D eigenvalue weighted by Crippen LogP contribution is 2.43. The minimum absolute atomic E-state index is 0.0390. The average Bonchev–Trinajstić information content (AvgIpc) is 3.79. The summed E-state index contributed by atoms with van der Waals surface area (Å²) in [6.07, 6.45) is 1.80. The Balaban J connectivity index is 1.19. The third-order valence-corrected chi connectivity index (χ3v) is 12.5. The van der Waals surface area contributed by atoms with Crippen LogP contribution in [0.5, 0.6) is 0 Å². The van der Waals surface area contributed by atoms with Crippen molar-refractivity contribution in [1.29, 1.82) is 0 Å². The van der Waals surface area contributed by atoms with Gasteiger partial charge in [-0.1, -0.05) is 96.2 Å². The number of anilines is 1. The maximum atomic E-state index is 14.1. The van der Waals surface area contributed by atoms with E-state index < -0.39 is 34.8 Å². The molecule has 2 amide bonds. The number of nitrogens with zero attached hydrogens (tertiary/aromatic N) is 6. The highest BCUT2D eigenvalue weighted by atomic mass is 32.2. The Morgan fingerprint density at radius 2 is 1.65 bits per heavy atom. The van der Waals surface area contributed by atoms with Gasteiger partial charge in [-0.2, -0.15) is 14.5 Å². The van der Waals surface area contributed by atoms with Crippen molar-refractivity contribution in [2.75, 3.05) is 24.3 Å². The maximum absolute atomic E-state index is 14.1. The molecular formula is C34H30N8O5S4. The molecule has 0 spiro atoms. The fourth-order valence-electron chi connectivity index (χ4n) is 5.92. The molecule has 0 bridgehead atoms. The first-order chi connectivity index (χ1) is 24.8. The molecule has 3 aliphatic heterocycles. The van der Waals surface area contributed by atoms with Crippen molar-refractivity contribution in [1.82, 2.24) is 24.0 Å². The van der Waals surface area contributed by atoms with Crippen LogP contribution >= 0.6 is 47.0 Å². The minimum atomic E-state index is -1.31. The third-order valence-electron chi connectivity index (χ3n) is 8.25. The lowest BCUT2D eigenvalue weighted by molar-refractivity contribution is -0.150. The van der Waals surface area contributed by atoms with Crippen molar-refractivity contribution in [2.45, 2.75) is 21.6 Å². The van der Waals surface area contributed by atoms with Crippen LogP contribution < -0.4 is 11.1 Å². The molecule has 4 N–H and O–H groups in total. The van der Waals surface area contributed by atoms with Crippen molar-refractivity contribution in [2.24, 2.45) is 10.3 Å². The quantitative estimate of drug-likeness (QED) is 0.0618. The average molecular weight is 759 g/mol. The molecule has 13 nitrogen and oxygen atoms in total. The molecule has 2 unspecified atom stereocenters. The highest BCUT2D eigenvalue weighted by Gasteiger charge is 2.54. The number of fused-ring (bicyclic) bond motifs is 1. The largest absolute Gasteiger partial charge is 0.477 e. The van der Waals surface area contributed by atoms with E-state index in [0.717, 1.165) is 28.2 Å². The number of thioether (sulfide) groups is 2. The lowest BCUT2D eigenvalue weighted by Gasteiger charge is -2.49. The number of hydrazone groups is 1. The maximum Gasteiger partial charge on any atom is 0.352 e. The van der Waals surface area contributed by atoms with Gasteiger partial charge < -0.3 is 21.0 Å². The van der Waals surface area contributed by atoms with E-state index in [-0.39, 0.29) is 26.9 Å². The number of nitrogens with two attached hydrogens (primary N) is 1. The summed E-state index contributed by atoms with van der Waals surface area (Å²) >= 11 is 5.33. The van der Waals surface area contributed by atoms with Crippen LogP contribution in [0.1, 0.15) is 22.5 Å². The van der Waals surface area contributed by atoms with Gasteiger partial charge in [0.2, 0.25) is 17.1 Å². The van der Waals surface area contributed by atoms with Gasteiger partial charge >= 0.3 is 5.97 Å². The van der Waals surface area contributed by atoms with Gasteiger partial charge in [-0.25, -0.2) is 9.21 Å². The van der Waals surface area contributed by atoms with Gasteiger partial charge in [-0.3, -0.25) is 14.5 Å². The van der Waals surface area contributed by atoms with E-state index in [4.69, 9.17) is 10.6 Å². The predicted octanol–water partition coefficient (Wildman–Crippen LogP) is 4.21. The molecule has 1 saturated heterocycles. The summed E-state index contributed by atoms with van der Waals surface area (Å²) < 4.78 is 6.02. The van der Waals surface area contributed by atoms with Crippen molar-refractivity contribution >= 4 is 81.8 Å². The zero-order valence-corrected chi connectivity index (χ0v) is 30.1. The number of rotatable bonds is 12. The second-order valence-electron chi connectivity index (χ2n) is 11.4. The molecule has 260 valence electrons. The van der Waals surface area contributed by atoms with Crippen LogP contribution in [0.25, 0.3) is 0 Å². The number of carbonyl (C=O) groups excluding carboxylic acids is 2. The van der Waals surface area contributed by atoms with E-state index in [2.05, 4.69) is 24.9 Å². The number of β-lactam (4-membered cyclic amide) rings is 1. The number of hydrogen-bond acceptors (Lipinski definition) is 14. The summed E-state index contributed by atoms with van der Waals surface area (Å²) in [4.78, 5) is 52.1. The van der Waals surface area contributed by atoms with Gasteiger partial charge in [0, 0.05) is 46.8 Å². The normalized spacial score (nSPS) is 20.2. The first-order valence-electron chi connectivity index (χ1n) is 15.6. The van der Waals surface area contributed by atoms with Crippen LogP contribution in [0.3, 0.4) is 0 Å². The predicted molar refractivity (Wildman–Crippen MR) is 201 cm³/mol. The van der Waals surface area contributed by atoms with E-state index >= 15 is 0 Å². The molecule has 0 saturated carbocycles. The lowest BCUT2D eigenvalue weighted by Crippen LogP contribution is -2.71. The molecule has 1 aromatic heterocycles. The van der Waals surface area contributed by atoms with Gasteiger partial charge in [0.15, 0.2) is 5.13 Å². The summed E-state index contributed by atoms with van der Waals surface area (Å²) in [6, 6.07) is 27.5. The topological polar surface area (TPSA) is 176 Å². The first kappa shape index (κ1) is 34.6. The minimum Gasteiger partial charge on any atom is -0.477 e. The molecule has 1 fully saturated rings. The molecule has 3 aliphatic rings. The lowest BCUT2D eigenvalue weighted by atomic mass is 9.80. The number of oxime groups is 1. The zero-order chi connectivity index (χ0) is 35.5. The SMILES string of the molecule is CN1N=CC(SCC2=C(C(=O)O)N3C(=O)C(NC(=O)C(=NOC(c4ccccc4)(c4ccccc4)c4ccccc4)c4nsc(N)n4)[C@H]3SC2)S1. The Morgan fingerprint density at radius 3 is 2.16 bits per heavy atom. The molecule has 3 aromatic carbocycles. The number of aromatic nitrogens is 2. The Hall–Kier alpha value is -4.84. The number of nitrogen functional groups attached to an aromatic ring is 1. The van der Waals surface area contributed by atoms with E-state index in [1.54, 1.807) is 10.6 Å². The monoisotopic (exact) mass is 758 g/mol. The van der Waals surface area contributed by atoms with Crippen LogP contribution in [-0.4, -0.2) is 88.0 Å². The summed E-state index contributed by atoms with van der Waals surface area (Å²) in [6.45, 7) is 0. The van der Waals surface area contributed by atoms with Gasteiger partial charge in [0.1, 0.15) is 21.7 Å². The highest BCUT2D eigenvalue weighted by molar-refractivity contribution is 8.17. The van der Waals surface area contributed by atoms with E-state index in [1.165, 1.54) is 40.4 Å². The molecule has 17 heteroatoms. The number of amides is 2. The molecule has 4 aromatic rings. The van der Waals surface area contributed by atoms with Gasteiger partial charge in [0.05, 0.1) is 6.21 Å². The number of carboxylic acid groups (broad SMARTS) is 1. The van der Waals surface area contributed by atoms with E-state index in [9.17, 15) is 19.5 Å². The molecule has 7 rings (SSSR count). The Labute approximate surface area is 309 Å². The van der Waals surface area contributed by atoms with E-state index in [0.29, 0.717) is 17.1 Å². The molecule has 3 atom stereocenters. The van der Waals surface area contributed by atoms with Crippen LogP contribution in [-0.2, 0) is 24.8 Å². The van der Waals surface area contributed by atoms with Crippen molar-refractivity contribution in [3.63, 3.8) is 0 Å². The summed E-state index contributed by atoms with van der Waals surface area (Å²) in [7, 11) is 1.84. The fraction of sp³-hybridized carbons (Fsp3) is 0.206. The summed E-state index contributed by atoms with van der Waals surface area (Å²) in [5.41, 5.74) is 7.12. The van der Waals surface area contributed by atoms with Crippen molar-refractivity contribution < 1.29 is 24.3 Å². The van der Waals surface area contributed by atoms with Crippen LogP contribution in [0.15, 0.2) is 113 Å². The van der Waals surface area contributed by atoms with Crippen LogP contribution in [0.4, 0.5) is 5.13 Å². The third kappa shape index (κ3) is 6.81. The van der Waals surface area contributed by atoms with Crippen molar-refractivity contribution in [3.05, 3.63) is 125 Å². The number of carbonyl (C=O) groups is 3. The zero-order valence-electron chi connectivity index (χ0n) is 26.9. The molecular weight excluding hydrogens is 729 g/mol. The fourth-order valence-corrected chi connectivity index (χ4v) is 9.91. The number of aliphatic carboxylic acids is 1. The van der Waals surface area contributed by atoms with Gasteiger partial charge in [-0.15, -0.1) is 23.5 Å². The van der Waals surface area contributed by atoms with Gasteiger partial charge in [-0.05, 0) is 17.5 Å². The number of benzene rings is 3. The standard InChI is InChI=1S/C34H30N8O5S4/c1-41-36-17-24(51-41)48-18-20-19-49-31-26(30(44)42(31)27(20)32(45)46)37-29(43)25(28-38-33(35)50-40-28)39-47-34(21-11-5-2-6-12-21,22-13-7-3-8-14-22)23-15-9-4-10-16-23/h2-17,24,26,31H,18-19H2,1H3,(H,37,43)(H,45,46)(H2,35,38,40)/t24?,26?,31-/m1/s1. The second kappa shape index (κ2) is 14.8. The molecule has 0 aliphatic carbocycles. The summed E-state index contributed by atoms with van der Waals surface area (Å²) in [5, 5.41) is 21.0. The number of carboxylic acids is 1. The number of hydrogen-bond donors (Lipinski definition) is 3. The van der Waals surface area contributed by atoms with Crippen LogP contribution in [0.2, 0.25) is 0 Å². The smallest absolute Gasteiger partial charge is 0.352 e. The van der Waals surface area contributed by atoms with Crippen LogP contribution in [0, 0.1) is 0 Å². The Morgan fingerprint density at radius 1 is 1.04 bits per heavy atom.